The number of rotatable bonds is 3. The maximum Gasteiger partial charge on any atom is 0.310 e. The van der Waals surface area contributed by atoms with Gasteiger partial charge < -0.3 is 10.0 Å². The average molecular weight is 254 g/mol. The van der Waals surface area contributed by atoms with Crippen molar-refractivity contribution in [2.75, 3.05) is 39.8 Å². The number of carboxylic acid groups (broad SMARTS) is 1. The van der Waals surface area contributed by atoms with E-state index in [0.717, 1.165) is 52.0 Å². The van der Waals surface area contributed by atoms with E-state index in [9.17, 15) is 9.90 Å². The maximum atomic E-state index is 11.7. The van der Waals surface area contributed by atoms with E-state index in [4.69, 9.17) is 0 Å². The molecule has 1 N–H and O–H groups in total. The van der Waals surface area contributed by atoms with E-state index >= 15 is 0 Å². The first-order chi connectivity index (χ1) is 8.52. The molecule has 104 valence electrons. The largest absolute Gasteiger partial charge is 0.481 e. The Labute approximate surface area is 110 Å². The van der Waals surface area contributed by atoms with Gasteiger partial charge in [0.15, 0.2) is 0 Å². The molecule has 0 aromatic heterocycles. The van der Waals surface area contributed by atoms with Crippen LogP contribution in [0.1, 0.15) is 32.6 Å². The summed E-state index contributed by atoms with van der Waals surface area (Å²) in [4.78, 5) is 16.4. The first kappa shape index (κ1) is 13.8. The van der Waals surface area contributed by atoms with Gasteiger partial charge in [-0.05, 0) is 25.8 Å². The minimum Gasteiger partial charge on any atom is -0.481 e. The van der Waals surface area contributed by atoms with Crippen LogP contribution < -0.4 is 0 Å². The summed E-state index contributed by atoms with van der Waals surface area (Å²) in [5.74, 6) is -0.0182. The van der Waals surface area contributed by atoms with E-state index in [0.29, 0.717) is 5.92 Å². The van der Waals surface area contributed by atoms with E-state index in [1.165, 1.54) is 6.42 Å². The van der Waals surface area contributed by atoms with E-state index in [1.807, 2.05) is 0 Å². The van der Waals surface area contributed by atoms with E-state index in [2.05, 4.69) is 23.8 Å². The third-order valence-electron chi connectivity index (χ3n) is 4.67. The highest BCUT2D eigenvalue weighted by Crippen LogP contribution is 2.40. The van der Waals surface area contributed by atoms with Gasteiger partial charge in [0.25, 0.3) is 0 Å². The van der Waals surface area contributed by atoms with Crippen LogP contribution in [0.5, 0.6) is 0 Å². The molecule has 0 aromatic rings. The van der Waals surface area contributed by atoms with Gasteiger partial charge in [0.05, 0.1) is 5.41 Å². The normalized spacial score (nSPS) is 35.6. The number of carbonyl (C=O) groups is 1. The predicted molar refractivity (Wildman–Crippen MR) is 71.6 cm³/mol. The number of nitrogens with zero attached hydrogens (tertiary/aromatic N) is 2. The highest BCUT2D eigenvalue weighted by molar-refractivity contribution is 5.75. The molecule has 18 heavy (non-hydrogen) atoms. The minimum atomic E-state index is -0.576. The second kappa shape index (κ2) is 5.57. The van der Waals surface area contributed by atoms with Crippen LogP contribution in [0, 0.1) is 11.3 Å². The summed E-state index contributed by atoms with van der Waals surface area (Å²) in [5, 5.41) is 9.65. The lowest BCUT2D eigenvalue weighted by molar-refractivity contribution is -0.154. The zero-order chi connectivity index (χ0) is 13.2. The van der Waals surface area contributed by atoms with Crippen LogP contribution in [-0.4, -0.2) is 60.6 Å². The smallest absolute Gasteiger partial charge is 0.310 e. The molecule has 1 saturated carbocycles. The average Bonchev–Trinajstić information content (AvgIpc) is 2.32. The van der Waals surface area contributed by atoms with Crippen molar-refractivity contribution in [3.05, 3.63) is 0 Å². The minimum absolute atomic E-state index is 0.479. The molecule has 0 aromatic carbocycles. The van der Waals surface area contributed by atoms with Gasteiger partial charge in [0.2, 0.25) is 0 Å². The molecule has 4 heteroatoms. The van der Waals surface area contributed by atoms with Crippen molar-refractivity contribution >= 4 is 5.97 Å². The van der Waals surface area contributed by atoms with Gasteiger partial charge in [-0.1, -0.05) is 19.8 Å². The van der Waals surface area contributed by atoms with Gasteiger partial charge in [-0.25, -0.2) is 0 Å². The summed E-state index contributed by atoms with van der Waals surface area (Å²) < 4.78 is 0. The van der Waals surface area contributed by atoms with Gasteiger partial charge in [-0.3, -0.25) is 9.69 Å². The lowest BCUT2D eigenvalue weighted by atomic mass is 9.69. The highest BCUT2D eigenvalue weighted by Gasteiger charge is 2.43. The van der Waals surface area contributed by atoms with Crippen LogP contribution in [0.3, 0.4) is 0 Å². The molecule has 0 amide bonds. The van der Waals surface area contributed by atoms with Gasteiger partial charge in [-0.2, -0.15) is 0 Å². The van der Waals surface area contributed by atoms with Crippen molar-refractivity contribution in [3.8, 4) is 0 Å². The predicted octanol–water partition coefficient (Wildman–Crippen LogP) is 1.51. The van der Waals surface area contributed by atoms with Crippen molar-refractivity contribution in [1.29, 1.82) is 0 Å². The molecule has 0 radical (unpaired) electrons. The fourth-order valence-electron chi connectivity index (χ4n) is 3.50. The quantitative estimate of drug-likeness (QED) is 0.829. The molecule has 0 bridgehead atoms. The van der Waals surface area contributed by atoms with Crippen LogP contribution in [0.2, 0.25) is 0 Å². The Hall–Kier alpha value is -0.610. The fourth-order valence-corrected chi connectivity index (χ4v) is 3.50. The Kier molecular flexibility index (Phi) is 4.28. The lowest BCUT2D eigenvalue weighted by Crippen LogP contribution is -2.51. The number of likely N-dealkylation sites (N-methyl/N-ethyl adjacent to an activating group) is 1. The van der Waals surface area contributed by atoms with Gasteiger partial charge in [0, 0.05) is 32.7 Å². The van der Waals surface area contributed by atoms with Crippen molar-refractivity contribution in [2.45, 2.75) is 32.6 Å². The number of carboxylic acids is 1. The van der Waals surface area contributed by atoms with Crippen LogP contribution in [0.25, 0.3) is 0 Å². The van der Waals surface area contributed by atoms with Gasteiger partial charge in [-0.15, -0.1) is 0 Å². The molecule has 2 rings (SSSR count). The number of hydrogen-bond donors (Lipinski definition) is 1. The van der Waals surface area contributed by atoms with E-state index in [1.54, 1.807) is 0 Å². The molecule has 2 fully saturated rings. The summed E-state index contributed by atoms with van der Waals surface area (Å²) in [6, 6.07) is 0. The number of aliphatic carboxylic acids is 1. The van der Waals surface area contributed by atoms with E-state index < -0.39 is 11.4 Å². The highest BCUT2D eigenvalue weighted by atomic mass is 16.4. The van der Waals surface area contributed by atoms with Crippen molar-refractivity contribution in [1.82, 2.24) is 9.80 Å². The number of piperazine rings is 1. The van der Waals surface area contributed by atoms with Crippen molar-refractivity contribution in [3.63, 3.8) is 0 Å². The summed E-state index contributed by atoms with van der Waals surface area (Å²) in [6.45, 7) is 7.09. The SMILES string of the molecule is CC1CCCC(CN2CCN(C)CC2)(C(=O)O)C1. The maximum absolute atomic E-state index is 11.7. The fraction of sp³-hybridized carbons (Fsp3) is 0.929. The Bertz CT molecular complexity index is 300. The number of hydrogen-bond acceptors (Lipinski definition) is 3. The molecule has 4 nitrogen and oxygen atoms in total. The summed E-state index contributed by atoms with van der Waals surface area (Å²) in [6.07, 6.45) is 3.98. The second-order valence-electron chi connectivity index (χ2n) is 6.37. The topological polar surface area (TPSA) is 43.8 Å². The van der Waals surface area contributed by atoms with Crippen molar-refractivity contribution in [2.24, 2.45) is 11.3 Å². The third-order valence-corrected chi connectivity index (χ3v) is 4.67. The Morgan fingerprint density at radius 2 is 2.00 bits per heavy atom. The van der Waals surface area contributed by atoms with Crippen LogP contribution in [0.15, 0.2) is 0 Å². The molecule has 1 aliphatic heterocycles. The van der Waals surface area contributed by atoms with Crippen LogP contribution in [-0.2, 0) is 4.79 Å². The van der Waals surface area contributed by atoms with Gasteiger partial charge in [0.1, 0.15) is 0 Å². The zero-order valence-electron chi connectivity index (χ0n) is 11.7. The Balaban J connectivity index is 2.00. The first-order valence-electron chi connectivity index (χ1n) is 7.16. The molecule has 2 atom stereocenters. The molecule has 1 heterocycles. The van der Waals surface area contributed by atoms with Gasteiger partial charge >= 0.3 is 5.97 Å². The molecular formula is C14H26N2O2. The Morgan fingerprint density at radius 3 is 2.56 bits per heavy atom. The molecule has 2 aliphatic rings. The van der Waals surface area contributed by atoms with E-state index in [-0.39, 0.29) is 0 Å². The van der Waals surface area contributed by atoms with Crippen LogP contribution in [0.4, 0.5) is 0 Å². The summed E-state index contributed by atoms with van der Waals surface area (Å²) in [5.41, 5.74) is -0.479. The zero-order valence-corrected chi connectivity index (χ0v) is 11.7. The Morgan fingerprint density at radius 1 is 1.33 bits per heavy atom. The summed E-state index contributed by atoms with van der Waals surface area (Å²) >= 11 is 0. The monoisotopic (exact) mass is 254 g/mol. The second-order valence-corrected chi connectivity index (χ2v) is 6.37. The molecule has 2 unspecified atom stereocenters. The molecule has 0 spiro atoms. The van der Waals surface area contributed by atoms with Crippen LogP contribution >= 0.6 is 0 Å². The molecule has 1 aliphatic carbocycles. The standard InChI is InChI=1S/C14H26N2O2/c1-12-4-3-5-14(10-12,13(17)18)11-16-8-6-15(2)7-9-16/h12H,3-11H2,1-2H3,(H,17,18). The molecular weight excluding hydrogens is 228 g/mol. The molecule has 1 saturated heterocycles. The lowest BCUT2D eigenvalue weighted by Gasteiger charge is -2.42. The van der Waals surface area contributed by atoms with Crippen molar-refractivity contribution < 1.29 is 9.90 Å². The first-order valence-corrected chi connectivity index (χ1v) is 7.16. The summed E-state index contributed by atoms with van der Waals surface area (Å²) in [7, 11) is 2.13. The third kappa shape index (κ3) is 3.04.